The lowest BCUT2D eigenvalue weighted by molar-refractivity contribution is -0.250. The Morgan fingerprint density at radius 3 is 2.15 bits per heavy atom. The van der Waals surface area contributed by atoms with E-state index < -0.39 is 94.3 Å². The summed E-state index contributed by atoms with van der Waals surface area (Å²) in [5, 5.41) is 8.41. The van der Waals surface area contributed by atoms with Crippen molar-refractivity contribution in [3.05, 3.63) is 119 Å². The summed E-state index contributed by atoms with van der Waals surface area (Å²) in [7, 11) is -11.1. The van der Waals surface area contributed by atoms with E-state index in [0.29, 0.717) is 115 Å². The number of carbonyl (C=O) groups excluding carboxylic acids is 6. The Hall–Kier alpha value is -6.94. The SMILES string of the molecule is CC1(C)CCC(CN2CCN(c3ccc(C(=O)NS(=O)(=O)c4ccc(N[C@H](CCN5CCN(C(=O)CCCCCNc6cccc7c6C(=O)N(C6CCC(=O)NC6=O)C7=O)CC5)CSc5ccccc5)c(S(=O)(=O)C(F)(F)F)c4)cc3)CC2)=C(C23CC(C(F)F)(C2)C3)C1. The number of rotatable bonds is 25. The van der Waals surface area contributed by atoms with Crippen molar-refractivity contribution in [2.75, 3.05) is 93.3 Å². The fourth-order valence-corrected chi connectivity index (χ4v) is 17.4. The minimum atomic E-state index is -6.18. The smallest absolute Gasteiger partial charge is 0.384 e. The number of alkyl halides is 5. The average Bonchev–Trinajstić information content (AvgIpc) is 1.09. The number of benzene rings is 4. The topological polar surface area (TPSA) is 235 Å². The first kappa shape index (κ1) is 67.5. The molecule has 27 heteroatoms. The molecule has 2 bridgehead atoms. The van der Waals surface area contributed by atoms with Gasteiger partial charge in [0, 0.05) is 124 Å². The van der Waals surface area contributed by atoms with Crippen LogP contribution in [0.4, 0.5) is 39.0 Å². The molecule has 500 valence electrons. The van der Waals surface area contributed by atoms with Gasteiger partial charge in [0.05, 0.1) is 21.7 Å². The van der Waals surface area contributed by atoms with Crippen LogP contribution in [0.15, 0.2) is 117 Å². The average molecular weight is 1350 g/mol. The van der Waals surface area contributed by atoms with E-state index in [0.717, 1.165) is 66.5 Å². The third-order valence-electron chi connectivity index (χ3n) is 19.6. The largest absolute Gasteiger partial charge is 0.501 e. The molecule has 4 aliphatic carbocycles. The number of carbonyl (C=O) groups is 6. The zero-order chi connectivity index (χ0) is 66.3. The van der Waals surface area contributed by atoms with Gasteiger partial charge in [-0.3, -0.25) is 48.8 Å². The summed E-state index contributed by atoms with van der Waals surface area (Å²) in [6, 6.07) is 20.8. The zero-order valence-electron chi connectivity index (χ0n) is 52.0. The number of allylic oxidation sites excluding steroid dienone is 1. The molecule has 4 N–H and O–H groups in total. The van der Waals surface area contributed by atoms with Crippen LogP contribution in [0.1, 0.15) is 128 Å². The Kier molecular flexibility index (Phi) is 19.6. The minimum Gasteiger partial charge on any atom is -0.384 e. The molecule has 6 amide bonds. The third-order valence-corrected chi connectivity index (χ3v) is 23.7. The lowest BCUT2D eigenvalue weighted by Gasteiger charge is -2.72. The number of unbranched alkanes of at least 4 members (excludes halogenated alkanes) is 2. The van der Waals surface area contributed by atoms with Crippen LogP contribution in [0.5, 0.6) is 0 Å². The van der Waals surface area contributed by atoms with Crippen molar-refractivity contribution in [2.45, 2.75) is 136 Å². The molecule has 19 nitrogen and oxygen atoms in total. The minimum absolute atomic E-state index is 0.00886. The summed E-state index contributed by atoms with van der Waals surface area (Å²) in [5.41, 5.74) is -2.76. The van der Waals surface area contributed by atoms with Gasteiger partial charge >= 0.3 is 5.51 Å². The number of nitrogens with zero attached hydrogens (tertiary/aromatic N) is 5. The monoisotopic (exact) mass is 1350 g/mol. The summed E-state index contributed by atoms with van der Waals surface area (Å²) in [6.45, 7) is 10.8. The predicted octanol–water partition coefficient (Wildman–Crippen LogP) is 9.34. The second kappa shape index (κ2) is 27.1. The number of hydrogen-bond donors (Lipinski definition) is 4. The van der Waals surface area contributed by atoms with E-state index in [2.05, 4.69) is 44.5 Å². The van der Waals surface area contributed by atoms with Crippen molar-refractivity contribution in [3.63, 3.8) is 0 Å². The molecule has 0 aromatic heterocycles. The van der Waals surface area contributed by atoms with E-state index in [1.807, 2.05) is 35.1 Å². The van der Waals surface area contributed by atoms with Gasteiger partial charge in [-0.2, -0.15) is 13.2 Å². The summed E-state index contributed by atoms with van der Waals surface area (Å²) < 4.78 is 127. The molecule has 12 rings (SSSR count). The highest BCUT2D eigenvalue weighted by Gasteiger charge is 2.73. The molecule has 93 heavy (non-hydrogen) atoms. The van der Waals surface area contributed by atoms with E-state index in [-0.39, 0.29) is 52.0 Å². The lowest BCUT2D eigenvalue weighted by Crippen LogP contribution is -2.66. The number of piperazine rings is 2. The highest BCUT2D eigenvalue weighted by Crippen LogP contribution is 2.79. The molecule has 0 spiro atoms. The van der Waals surface area contributed by atoms with E-state index >= 15 is 0 Å². The number of amides is 6. The molecule has 4 aliphatic heterocycles. The zero-order valence-corrected chi connectivity index (χ0v) is 54.5. The van der Waals surface area contributed by atoms with Crippen molar-refractivity contribution in [1.82, 2.24) is 29.6 Å². The molecule has 4 heterocycles. The van der Waals surface area contributed by atoms with Crippen molar-refractivity contribution < 1.29 is 67.6 Å². The van der Waals surface area contributed by atoms with Gasteiger partial charge in [-0.15, -0.1) is 11.8 Å². The normalized spacial score (nSPS) is 23.1. The summed E-state index contributed by atoms with van der Waals surface area (Å²) in [4.78, 5) is 85.8. The van der Waals surface area contributed by atoms with Crippen LogP contribution in [0.3, 0.4) is 0 Å². The fraction of sp³-hybridized carbons (Fsp3) is 0.515. The highest BCUT2D eigenvalue weighted by molar-refractivity contribution is 7.99. The molecule has 3 saturated heterocycles. The van der Waals surface area contributed by atoms with Gasteiger partial charge < -0.3 is 20.4 Å². The first-order valence-corrected chi connectivity index (χ1v) is 35.7. The second-order valence-electron chi connectivity index (χ2n) is 26.6. The number of halogens is 5. The van der Waals surface area contributed by atoms with Crippen molar-refractivity contribution in [2.24, 2.45) is 16.2 Å². The Bertz CT molecular complexity index is 3780. The van der Waals surface area contributed by atoms with Gasteiger partial charge in [-0.05, 0) is 142 Å². The number of thioether (sulfide) groups is 1. The van der Waals surface area contributed by atoms with Gasteiger partial charge in [0.2, 0.25) is 24.1 Å². The van der Waals surface area contributed by atoms with Gasteiger partial charge in [0.25, 0.3) is 37.6 Å². The third kappa shape index (κ3) is 14.5. The number of sulfone groups is 1. The molecule has 6 fully saturated rings. The van der Waals surface area contributed by atoms with E-state index in [1.165, 1.54) is 41.1 Å². The number of hydrogen-bond acceptors (Lipinski definition) is 16. The van der Waals surface area contributed by atoms with Crippen LogP contribution < -0.4 is 25.6 Å². The molecule has 2 atom stereocenters. The van der Waals surface area contributed by atoms with Gasteiger partial charge in [0.15, 0.2) is 0 Å². The van der Waals surface area contributed by atoms with Gasteiger partial charge in [-0.25, -0.2) is 30.3 Å². The number of sulfonamides is 1. The second-order valence-corrected chi connectivity index (χ2v) is 31.3. The van der Waals surface area contributed by atoms with Gasteiger partial charge in [-0.1, -0.05) is 55.7 Å². The summed E-state index contributed by atoms with van der Waals surface area (Å²) in [5.74, 6) is -3.22. The maximum Gasteiger partial charge on any atom is 0.501 e. The maximum absolute atomic E-state index is 14.5. The van der Waals surface area contributed by atoms with Crippen LogP contribution in [-0.4, -0.2) is 174 Å². The van der Waals surface area contributed by atoms with Crippen molar-refractivity contribution in [3.8, 4) is 0 Å². The first-order chi connectivity index (χ1) is 44.1. The Balaban J connectivity index is 0.664. The standard InChI is InChI=1S/C66H78F5N9O10S3/c1-63(2)25-23-44(50(37-63)64-40-65(41-64,42-64)62(67)68)38-77-30-32-78(33-31-77)46-17-15-43(16-18-46)58(83)75-93(89,90)48-19-20-51(54(36-48)92(87,88)66(69,70)71)73-45(39-91-47-10-5-3-6-11-47)24-27-76-28-34-79(35-29-76)56(82)14-7-4-8-26-72-52-13-9-12-49-57(52)61(86)80(60(49)85)53-21-22-55(81)74-59(53)84/h3,5-6,9-13,15-20,36,45,53,62,72-73H,4,7-8,14,21-35,37-42H2,1-2H3,(H,75,83)(H,74,81,84)/t45-,53?,64?,65?/m1/s1. The maximum atomic E-state index is 14.5. The van der Waals surface area contributed by atoms with Crippen LogP contribution in [-0.2, 0) is 34.2 Å². The van der Waals surface area contributed by atoms with E-state index in [1.54, 1.807) is 29.2 Å². The predicted molar refractivity (Wildman–Crippen MR) is 341 cm³/mol. The van der Waals surface area contributed by atoms with Crippen LogP contribution in [0, 0.1) is 16.2 Å². The summed E-state index contributed by atoms with van der Waals surface area (Å²) >= 11 is 1.39. The first-order valence-electron chi connectivity index (χ1n) is 31.8. The van der Waals surface area contributed by atoms with Crippen LogP contribution >= 0.6 is 11.8 Å². The highest BCUT2D eigenvalue weighted by atomic mass is 32.2. The lowest BCUT2D eigenvalue weighted by atomic mass is 9.32. The Morgan fingerprint density at radius 2 is 1.47 bits per heavy atom. The molecular weight excluding hydrogens is 1270 g/mol. The number of piperidine rings is 1. The van der Waals surface area contributed by atoms with Gasteiger partial charge in [0.1, 0.15) is 10.9 Å². The Morgan fingerprint density at radius 1 is 0.774 bits per heavy atom. The molecule has 0 radical (unpaired) electrons. The van der Waals surface area contributed by atoms with E-state index in [4.69, 9.17) is 0 Å². The molecular formula is C66H78F5N9O10S3. The molecule has 4 aromatic rings. The van der Waals surface area contributed by atoms with Crippen LogP contribution in [0.25, 0.3) is 0 Å². The quantitative estimate of drug-likeness (QED) is 0.0159. The molecule has 8 aliphatic rings. The summed E-state index contributed by atoms with van der Waals surface area (Å²) in [6.07, 6.45) is 4.96. The Labute approximate surface area is 543 Å². The number of anilines is 3. The number of imide groups is 2. The van der Waals surface area contributed by atoms with E-state index in [9.17, 15) is 67.6 Å². The number of fused-ring (bicyclic) bond motifs is 1. The molecule has 1 unspecified atom stereocenters. The number of nitrogens with one attached hydrogen (secondary N) is 4. The fourth-order valence-electron chi connectivity index (χ4n) is 14.4. The molecule has 4 aromatic carbocycles. The van der Waals surface area contributed by atoms with Crippen LogP contribution in [0.2, 0.25) is 0 Å². The van der Waals surface area contributed by atoms with Crippen molar-refractivity contribution in [1.29, 1.82) is 0 Å². The van der Waals surface area contributed by atoms with Crippen molar-refractivity contribution >= 4 is 84.1 Å². The molecule has 3 saturated carbocycles.